The van der Waals surface area contributed by atoms with Crippen LogP contribution in [0.25, 0.3) is 6.08 Å². The maximum Gasteiger partial charge on any atom is 0.156 e. The summed E-state index contributed by atoms with van der Waals surface area (Å²) in [7, 11) is 0. The van der Waals surface area contributed by atoms with Crippen molar-refractivity contribution in [3.05, 3.63) is 70.8 Å². The second-order valence-corrected chi connectivity index (χ2v) is 5.29. The molecule has 2 aromatic rings. The standard InChI is InChI=1S/C19H20O2/c1-14-12-17(13-15(2)19(14)21)9-11-18(20)10-8-16-6-4-3-5-7-16/h3-7,9,11-13,21H,8,10H2,1-2H3/b11-9+. The zero-order valence-electron chi connectivity index (χ0n) is 12.5. The lowest BCUT2D eigenvalue weighted by Crippen LogP contribution is -1.95. The third-order valence-electron chi connectivity index (χ3n) is 3.48. The summed E-state index contributed by atoms with van der Waals surface area (Å²) >= 11 is 0. The minimum absolute atomic E-state index is 0.113. The molecule has 2 rings (SSSR count). The Morgan fingerprint density at radius 2 is 1.71 bits per heavy atom. The molecule has 1 N–H and O–H groups in total. The minimum Gasteiger partial charge on any atom is -0.507 e. The van der Waals surface area contributed by atoms with Gasteiger partial charge in [-0.25, -0.2) is 0 Å². The van der Waals surface area contributed by atoms with Gasteiger partial charge in [0.15, 0.2) is 5.78 Å². The van der Waals surface area contributed by atoms with E-state index < -0.39 is 0 Å². The summed E-state index contributed by atoms with van der Waals surface area (Å²) in [5.41, 5.74) is 3.77. The third-order valence-corrected chi connectivity index (χ3v) is 3.48. The summed E-state index contributed by atoms with van der Waals surface area (Å²) < 4.78 is 0. The molecule has 0 atom stereocenters. The Morgan fingerprint density at radius 3 is 2.33 bits per heavy atom. The van der Waals surface area contributed by atoms with Gasteiger partial charge in [-0.05, 0) is 60.7 Å². The number of aryl methyl sites for hydroxylation is 3. The second-order valence-electron chi connectivity index (χ2n) is 5.29. The molecule has 0 aliphatic carbocycles. The molecule has 2 aromatic carbocycles. The fourth-order valence-electron chi connectivity index (χ4n) is 2.27. The summed E-state index contributed by atoms with van der Waals surface area (Å²) in [6.07, 6.45) is 4.70. The number of hydrogen-bond donors (Lipinski definition) is 1. The van der Waals surface area contributed by atoms with Crippen LogP contribution < -0.4 is 0 Å². The molecule has 0 fully saturated rings. The molecule has 0 saturated heterocycles. The summed E-state index contributed by atoms with van der Waals surface area (Å²) in [4.78, 5) is 11.9. The molecule has 0 aliphatic heterocycles. The van der Waals surface area contributed by atoms with Crippen LogP contribution in [-0.2, 0) is 11.2 Å². The smallest absolute Gasteiger partial charge is 0.156 e. The van der Waals surface area contributed by atoms with E-state index in [1.54, 1.807) is 6.08 Å². The van der Waals surface area contributed by atoms with Crippen LogP contribution in [-0.4, -0.2) is 10.9 Å². The van der Waals surface area contributed by atoms with Gasteiger partial charge in [-0.15, -0.1) is 0 Å². The van der Waals surface area contributed by atoms with Crippen LogP contribution >= 0.6 is 0 Å². The fourth-order valence-corrected chi connectivity index (χ4v) is 2.27. The van der Waals surface area contributed by atoms with E-state index in [4.69, 9.17) is 0 Å². The molecule has 108 valence electrons. The van der Waals surface area contributed by atoms with E-state index in [1.807, 2.05) is 62.4 Å². The lowest BCUT2D eigenvalue weighted by Gasteiger charge is -2.04. The molecular weight excluding hydrogens is 260 g/mol. The van der Waals surface area contributed by atoms with Crippen molar-refractivity contribution in [2.45, 2.75) is 26.7 Å². The van der Waals surface area contributed by atoms with Crippen LogP contribution in [0.15, 0.2) is 48.5 Å². The highest BCUT2D eigenvalue weighted by molar-refractivity contribution is 5.93. The maximum absolute atomic E-state index is 11.9. The lowest BCUT2D eigenvalue weighted by molar-refractivity contribution is -0.114. The molecule has 0 unspecified atom stereocenters. The van der Waals surface area contributed by atoms with Crippen LogP contribution in [0.4, 0.5) is 0 Å². The van der Waals surface area contributed by atoms with Crippen LogP contribution in [0.1, 0.15) is 28.7 Å². The van der Waals surface area contributed by atoms with E-state index in [9.17, 15) is 9.90 Å². The van der Waals surface area contributed by atoms with Crippen LogP contribution in [0.3, 0.4) is 0 Å². The molecule has 0 aromatic heterocycles. The molecule has 2 heteroatoms. The number of carbonyl (C=O) groups is 1. The van der Waals surface area contributed by atoms with Crippen molar-refractivity contribution >= 4 is 11.9 Å². The Labute approximate surface area is 125 Å². The monoisotopic (exact) mass is 280 g/mol. The molecule has 0 heterocycles. The molecule has 0 aliphatic rings. The number of aromatic hydroxyl groups is 1. The maximum atomic E-state index is 11.9. The first kappa shape index (κ1) is 15.0. The quantitative estimate of drug-likeness (QED) is 0.832. The first-order chi connectivity index (χ1) is 10.1. The van der Waals surface area contributed by atoms with Crippen molar-refractivity contribution in [2.75, 3.05) is 0 Å². The Bertz CT molecular complexity index is 632. The van der Waals surface area contributed by atoms with Crippen molar-refractivity contribution < 1.29 is 9.90 Å². The van der Waals surface area contributed by atoms with Crippen LogP contribution in [0.2, 0.25) is 0 Å². The van der Waals surface area contributed by atoms with Gasteiger partial charge in [0.1, 0.15) is 5.75 Å². The van der Waals surface area contributed by atoms with Gasteiger partial charge in [0, 0.05) is 6.42 Å². The van der Waals surface area contributed by atoms with Gasteiger partial charge in [-0.2, -0.15) is 0 Å². The average Bonchev–Trinajstić information content (AvgIpc) is 2.49. The highest BCUT2D eigenvalue weighted by atomic mass is 16.3. The summed E-state index contributed by atoms with van der Waals surface area (Å²) in [6, 6.07) is 13.8. The zero-order valence-corrected chi connectivity index (χ0v) is 12.5. The van der Waals surface area contributed by atoms with Crippen molar-refractivity contribution in [3.63, 3.8) is 0 Å². The number of ketones is 1. The van der Waals surface area contributed by atoms with E-state index in [-0.39, 0.29) is 5.78 Å². The van der Waals surface area contributed by atoms with Gasteiger partial charge in [0.25, 0.3) is 0 Å². The predicted molar refractivity (Wildman–Crippen MR) is 86.4 cm³/mol. The summed E-state index contributed by atoms with van der Waals surface area (Å²) in [5, 5.41) is 9.73. The Morgan fingerprint density at radius 1 is 1.10 bits per heavy atom. The van der Waals surface area contributed by atoms with Crippen molar-refractivity contribution in [2.24, 2.45) is 0 Å². The Balaban J connectivity index is 1.96. The first-order valence-corrected chi connectivity index (χ1v) is 7.11. The molecule has 0 amide bonds. The number of rotatable bonds is 5. The molecule has 0 spiro atoms. The largest absolute Gasteiger partial charge is 0.507 e. The van der Waals surface area contributed by atoms with Gasteiger partial charge in [-0.3, -0.25) is 4.79 Å². The van der Waals surface area contributed by atoms with E-state index in [0.29, 0.717) is 12.2 Å². The molecule has 21 heavy (non-hydrogen) atoms. The average molecular weight is 280 g/mol. The molecule has 0 radical (unpaired) electrons. The third kappa shape index (κ3) is 4.32. The van der Waals surface area contributed by atoms with Gasteiger partial charge in [-0.1, -0.05) is 36.4 Å². The summed E-state index contributed by atoms with van der Waals surface area (Å²) in [6.45, 7) is 3.72. The van der Waals surface area contributed by atoms with Crippen molar-refractivity contribution in [1.29, 1.82) is 0 Å². The Kier molecular flexibility index (Phi) is 4.94. The molecule has 0 saturated carbocycles. The number of benzene rings is 2. The zero-order chi connectivity index (χ0) is 15.2. The SMILES string of the molecule is Cc1cc(/C=C/C(=O)CCc2ccccc2)cc(C)c1O. The highest BCUT2D eigenvalue weighted by Gasteiger charge is 2.02. The van der Waals surface area contributed by atoms with E-state index in [2.05, 4.69) is 0 Å². The molecule has 2 nitrogen and oxygen atoms in total. The van der Waals surface area contributed by atoms with Gasteiger partial charge < -0.3 is 5.11 Å². The van der Waals surface area contributed by atoms with Crippen LogP contribution in [0.5, 0.6) is 5.75 Å². The van der Waals surface area contributed by atoms with Gasteiger partial charge in [0.2, 0.25) is 0 Å². The number of carbonyl (C=O) groups excluding carboxylic acids is 1. The summed E-state index contributed by atoms with van der Waals surface area (Å²) in [5.74, 6) is 0.435. The van der Waals surface area contributed by atoms with Crippen LogP contribution in [0, 0.1) is 13.8 Å². The highest BCUT2D eigenvalue weighted by Crippen LogP contribution is 2.23. The number of phenolic OH excluding ortho intramolecular Hbond substituents is 1. The minimum atomic E-state index is 0.113. The van der Waals surface area contributed by atoms with Crippen molar-refractivity contribution in [3.8, 4) is 5.75 Å². The second kappa shape index (κ2) is 6.89. The van der Waals surface area contributed by atoms with Gasteiger partial charge >= 0.3 is 0 Å². The normalized spacial score (nSPS) is 11.0. The number of phenols is 1. The number of hydrogen-bond acceptors (Lipinski definition) is 2. The van der Waals surface area contributed by atoms with E-state index in [0.717, 1.165) is 23.1 Å². The fraction of sp³-hybridized carbons (Fsp3) is 0.211. The van der Waals surface area contributed by atoms with Crippen molar-refractivity contribution in [1.82, 2.24) is 0 Å². The Hall–Kier alpha value is -2.35. The topological polar surface area (TPSA) is 37.3 Å². The predicted octanol–water partition coefficient (Wildman–Crippen LogP) is 4.22. The van der Waals surface area contributed by atoms with E-state index in [1.165, 1.54) is 5.56 Å². The first-order valence-electron chi connectivity index (χ1n) is 7.11. The van der Waals surface area contributed by atoms with Gasteiger partial charge in [0.05, 0.1) is 0 Å². The lowest BCUT2D eigenvalue weighted by atomic mass is 10.0. The molecule has 0 bridgehead atoms. The number of allylic oxidation sites excluding steroid dienone is 1. The molecular formula is C19H20O2. The van der Waals surface area contributed by atoms with E-state index >= 15 is 0 Å².